The number of rotatable bonds is 6. The van der Waals surface area contributed by atoms with Gasteiger partial charge in [-0.15, -0.1) is 6.58 Å². The lowest BCUT2D eigenvalue weighted by Gasteiger charge is -2.50. The molecule has 2 aliphatic heterocycles. The molecule has 2 aliphatic carbocycles. The van der Waals surface area contributed by atoms with Crippen molar-refractivity contribution in [1.82, 2.24) is 9.91 Å². The average molecular weight is 644 g/mol. The van der Waals surface area contributed by atoms with E-state index >= 15 is 4.79 Å². The summed E-state index contributed by atoms with van der Waals surface area (Å²) in [6.45, 7) is 11.4. The van der Waals surface area contributed by atoms with Crippen LogP contribution in [0.4, 0.5) is 5.69 Å². The number of benzene rings is 3. The molecule has 7 rings (SSSR count). The lowest BCUT2D eigenvalue weighted by Crippen LogP contribution is -2.53. The van der Waals surface area contributed by atoms with Crippen molar-refractivity contribution in [3.8, 4) is 5.75 Å². The van der Waals surface area contributed by atoms with Crippen molar-refractivity contribution >= 4 is 29.3 Å². The largest absolute Gasteiger partial charge is 0.507 e. The van der Waals surface area contributed by atoms with Gasteiger partial charge in [-0.25, -0.2) is 0 Å². The number of nitrogens with one attached hydrogen (secondary N) is 1. The number of amides is 4. The van der Waals surface area contributed by atoms with E-state index in [4.69, 9.17) is 0 Å². The van der Waals surface area contributed by atoms with Crippen LogP contribution in [0, 0.1) is 30.6 Å². The van der Waals surface area contributed by atoms with Crippen molar-refractivity contribution in [3.63, 3.8) is 0 Å². The first kappa shape index (κ1) is 31.6. The van der Waals surface area contributed by atoms with Gasteiger partial charge in [-0.05, 0) is 76.1 Å². The molecule has 0 unspecified atom stereocenters. The molecule has 2 N–H and O–H groups in total. The van der Waals surface area contributed by atoms with Gasteiger partial charge in [0.25, 0.3) is 11.8 Å². The summed E-state index contributed by atoms with van der Waals surface area (Å²) < 4.78 is 0. The molecule has 3 aromatic rings. The number of carbonyl (C=O) groups is 4. The summed E-state index contributed by atoms with van der Waals surface area (Å²) >= 11 is 0. The standard InChI is InChI=1S/C40H41N3O5/c1-6-11-24-12-10-15-29(34(24)44)33-27-20-21-28-32(37(47)42(35(28)45)39(3,4)5)30(27)22-31-36(46)43(41-26-18-16-23(2)17-19-26)38(48)40(31,33)25-13-8-7-9-14-25/h6-10,12-20,28,30-33,41,44H,1,11,21-22H2,2-5H3/t28-,30+,31-,32-,33+,40+/m0/s1. The predicted octanol–water partition coefficient (Wildman–Crippen LogP) is 6.21. The van der Waals surface area contributed by atoms with Crippen LogP contribution in [0.1, 0.15) is 61.8 Å². The zero-order chi connectivity index (χ0) is 34.1. The Labute approximate surface area is 281 Å². The lowest BCUT2D eigenvalue weighted by molar-refractivity contribution is -0.146. The highest BCUT2D eigenvalue weighted by molar-refractivity contribution is 6.13. The second-order valence-electron chi connectivity index (χ2n) is 14.6. The minimum atomic E-state index is -1.44. The first-order valence-corrected chi connectivity index (χ1v) is 16.7. The third-order valence-corrected chi connectivity index (χ3v) is 10.9. The summed E-state index contributed by atoms with van der Waals surface area (Å²) in [6, 6.07) is 22.3. The number of likely N-dealkylation sites (tertiary alicyclic amines) is 1. The highest BCUT2D eigenvalue weighted by Crippen LogP contribution is 2.65. The second-order valence-corrected chi connectivity index (χ2v) is 14.6. The van der Waals surface area contributed by atoms with Crippen LogP contribution in [0.3, 0.4) is 0 Å². The summed E-state index contributed by atoms with van der Waals surface area (Å²) in [6.07, 6.45) is 4.68. The van der Waals surface area contributed by atoms with Gasteiger partial charge in [0.2, 0.25) is 11.8 Å². The molecule has 8 heteroatoms. The fourth-order valence-electron chi connectivity index (χ4n) is 8.92. The smallest absolute Gasteiger partial charge is 0.260 e. The molecular weight excluding hydrogens is 602 g/mol. The Balaban J connectivity index is 1.47. The quantitative estimate of drug-likeness (QED) is 0.244. The Bertz CT molecular complexity index is 1870. The average Bonchev–Trinajstić information content (AvgIpc) is 3.45. The Hall–Kier alpha value is -4.98. The molecule has 2 saturated heterocycles. The summed E-state index contributed by atoms with van der Waals surface area (Å²) in [5.41, 5.74) is 5.23. The van der Waals surface area contributed by atoms with E-state index in [0.717, 1.165) is 16.1 Å². The molecule has 0 spiro atoms. The lowest BCUT2D eigenvalue weighted by atomic mass is 9.49. The number of aryl methyl sites for hydroxylation is 1. The highest BCUT2D eigenvalue weighted by atomic mass is 16.3. The molecular formula is C40H41N3O5. The number of hydrogen-bond acceptors (Lipinski definition) is 6. The van der Waals surface area contributed by atoms with Crippen molar-refractivity contribution in [3.05, 3.63) is 119 Å². The van der Waals surface area contributed by atoms with Gasteiger partial charge in [0, 0.05) is 17.0 Å². The summed E-state index contributed by atoms with van der Waals surface area (Å²) in [4.78, 5) is 59.4. The molecule has 4 amide bonds. The summed E-state index contributed by atoms with van der Waals surface area (Å²) in [5.74, 6) is -4.61. The van der Waals surface area contributed by atoms with Gasteiger partial charge in [-0.2, -0.15) is 5.01 Å². The van der Waals surface area contributed by atoms with Crippen molar-refractivity contribution in [2.75, 3.05) is 5.43 Å². The van der Waals surface area contributed by atoms with E-state index < -0.39 is 52.4 Å². The maximum absolute atomic E-state index is 15.2. The highest BCUT2D eigenvalue weighted by Gasteiger charge is 2.71. The zero-order valence-electron chi connectivity index (χ0n) is 27.8. The van der Waals surface area contributed by atoms with Crippen LogP contribution < -0.4 is 5.43 Å². The van der Waals surface area contributed by atoms with Crippen LogP contribution in [-0.2, 0) is 31.0 Å². The topological polar surface area (TPSA) is 107 Å². The molecule has 246 valence electrons. The van der Waals surface area contributed by atoms with Crippen molar-refractivity contribution in [2.45, 2.75) is 63.8 Å². The van der Waals surface area contributed by atoms with Crippen molar-refractivity contribution in [1.29, 1.82) is 0 Å². The minimum absolute atomic E-state index is 0.0375. The first-order chi connectivity index (χ1) is 22.9. The number of hydrazine groups is 1. The zero-order valence-corrected chi connectivity index (χ0v) is 27.8. The van der Waals surface area contributed by atoms with Crippen LogP contribution in [-0.4, -0.2) is 44.2 Å². The number of carbonyl (C=O) groups excluding carboxylic acids is 4. The third kappa shape index (κ3) is 4.49. The first-order valence-electron chi connectivity index (χ1n) is 16.7. The number of allylic oxidation sites excluding steroid dienone is 3. The number of imide groups is 2. The maximum Gasteiger partial charge on any atom is 0.260 e. The van der Waals surface area contributed by atoms with Crippen LogP contribution in [0.25, 0.3) is 0 Å². The minimum Gasteiger partial charge on any atom is -0.507 e. The van der Waals surface area contributed by atoms with Gasteiger partial charge in [0.1, 0.15) is 5.75 Å². The van der Waals surface area contributed by atoms with E-state index in [9.17, 15) is 19.5 Å². The van der Waals surface area contributed by atoms with Gasteiger partial charge >= 0.3 is 0 Å². The number of para-hydroxylation sites is 1. The number of fused-ring (bicyclic) bond motifs is 4. The van der Waals surface area contributed by atoms with Gasteiger partial charge in [-0.3, -0.25) is 29.5 Å². The van der Waals surface area contributed by atoms with E-state index in [-0.39, 0.29) is 24.0 Å². The molecule has 0 aromatic heterocycles. The fraction of sp³-hybridized carbons (Fsp3) is 0.350. The number of anilines is 1. The van der Waals surface area contributed by atoms with Gasteiger partial charge in [0.05, 0.1) is 28.9 Å². The molecule has 3 aromatic carbocycles. The molecule has 2 heterocycles. The van der Waals surface area contributed by atoms with E-state index in [1.165, 1.54) is 4.90 Å². The number of aromatic hydroxyl groups is 1. The molecule has 0 bridgehead atoms. The summed E-state index contributed by atoms with van der Waals surface area (Å²) in [5, 5.41) is 13.1. The molecule has 4 aliphatic rings. The second kappa shape index (κ2) is 11.3. The van der Waals surface area contributed by atoms with Crippen LogP contribution in [0.5, 0.6) is 5.75 Å². The van der Waals surface area contributed by atoms with Crippen LogP contribution >= 0.6 is 0 Å². The summed E-state index contributed by atoms with van der Waals surface area (Å²) in [7, 11) is 0. The molecule has 0 radical (unpaired) electrons. The number of phenols is 1. The third-order valence-electron chi connectivity index (χ3n) is 10.9. The molecule has 8 nitrogen and oxygen atoms in total. The Morgan fingerprint density at radius 3 is 2.29 bits per heavy atom. The van der Waals surface area contributed by atoms with Gasteiger partial charge < -0.3 is 5.11 Å². The van der Waals surface area contributed by atoms with Crippen LogP contribution in [0.15, 0.2) is 97.1 Å². The number of nitrogens with zero attached hydrogens (tertiary/aromatic N) is 2. The molecule has 6 atom stereocenters. The van der Waals surface area contributed by atoms with Crippen LogP contribution in [0.2, 0.25) is 0 Å². The van der Waals surface area contributed by atoms with Crippen molar-refractivity contribution in [2.24, 2.45) is 23.7 Å². The monoisotopic (exact) mass is 643 g/mol. The van der Waals surface area contributed by atoms with Gasteiger partial charge in [0.15, 0.2) is 0 Å². The molecule has 1 saturated carbocycles. The maximum atomic E-state index is 15.2. The SMILES string of the molecule is C=CCc1cccc([C@H]2C3=CC[C@@H]4C(=O)N(C(C)(C)C)C(=O)[C@@H]4[C@@H]3C[C@H]3C(=O)N(Nc4ccc(C)cc4)C(=O)[C@@]23c2ccccc2)c1O. The van der Waals surface area contributed by atoms with E-state index in [1.54, 1.807) is 6.08 Å². The van der Waals surface area contributed by atoms with E-state index in [0.29, 0.717) is 35.2 Å². The Morgan fingerprint density at radius 1 is 0.917 bits per heavy atom. The normalized spacial score (nSPS) is 28.2. The number of phenolic OH excluding ortho intramolecular Hbond substituents is 1. The predicted molar refractivity (Wildman–Crippen MR) is 182 cm³/mol. The fourth-order valence-corrected chi connectivity index (χ4v) is 8.92. The van der Waals surface area contributed by atoms with Crippen molar-refractivity contribution < 1.29 is 24.3 Å². The Kier molecular flexibility index (Phi) is 7.46. The van der Waals surface area contributed by atoms with E-state index in [2.05, 4.69) is 12.0 Å². The number of hydrogen-bond donors (Lipinski definition) is 2. The van der Waals surface area contributed by atoms with E-state index in [1.807, 2.05) is 107 Å². The Morgan fingerprint density at radius 2 is 1.62 bits per heavy atom. The molecule has 48 heavy (non-hydrogen) atoms. The molecule has 3 fully saturated rings. The van der Waals surface area contributed by atoms with Gasteiger partial charge in [-0.1, -0.05) is 84.0 Å².